The molecule has 4 aromatic carbocycles. The van der Waals surface area contributed by atoms with E-state index in [1.807, 2.05) is 48.5 Å². The monoisotopic (exact) mass is 405 g/mol. The van der Waals surface area contributed by atoms with E-state index in [0.29, 0.717) is 18.5 Å². The van der Waals surface area contributed by atoms with Crippen LogP contribution >= 0.6 is 0 Å². The van der Waals surface area contributed by atoms with Gasteiger partial charge in [-0.05, 0) is 46.7 Å². The Labute approximate surface area is 181 Å². The van der Waals surface area contributed by atoms with E-state index in [1.54, 1.807) is 0 Å². The number of amides is 1. The van der Waals surface area contributed by atoms with Gasteiger partial charge < -0.3 is 9.88 Å². The first-order valence-electron chi connectivity index (χ1n) is 10.5. The van der Waals surface area contributed by atoms with Gasteiger partial charge in [0.25, 0.3) is 5.91 Å². The summed E-state index contributed by atoms with van der Waals surface area (Å²) in [5.74, 6) is 0.917. The Morgan fingerprint density at radius 2 is 1.55 bits per heavy atom. The lowest BCUT2D eigenvalue weighted by molar-refractivity contribution is 0.0954. The van der Waals surface area contributed by atoms with Crippen LogP contribution in [0.25, 0.3) is 21.8 Å². The van der Waals surface area contributed by atoms with Gasteiger partial charge in [0.1, 0.15) is 5.82 Å². The van der Waals surface area contributed by atoms with Crippen molar-refractivity contribution in [3.05, 3.63) is 114 Å². The van der Waals surface area contributed by atoms with Gasteiger partial charge in [0.15, 0.2) is 0 Å². The van der Waals surface area contributed by atoms with Crippen LogP contribution < -0.4 is 5.32 Å². The zero-order valence-electron chi connectivity index (χ0n) is 17.2. The van der Waals surface area contributed by atoms with Crippen LogP contribution in [0.1, 0.15) is 21.7 Å². The average molecular weight is 406 g/mol. The fourth-order valence-corrected chi connectivity index (χ4v) is 3.99. The maximum atomic E-state index is 12.4. The molecule has 4 heteroatoms. The van der Waals surface area contributed by atoms with Gasteiger partial charge in [-0.25, -0.2) is 4.98 Å². The summed E-state index contributed by atoms with van der Waals surface area (Å²) in [6, 6.07) is 32.5. The minimum absolute atomic E-state index is 0.0576. The summed E-state index contributed by atoms with van der Waals surface area (Å²) < 4.78 is 2.26. The molecule has 0 saturated carbocycles. The van der Waals surface area contributed by atoms with E-state index in [1.165, 1.54) is 16.3 Å². The van der Waals surface area contributed by atoms with E-state index in [0.717, 1.165) is 23.4 Å². The first kappa shape index (κ1) is 19.1. The van der Waals surface area contributed by atoms with Gasteiger partial charge in [-0.1, -0.05) is 66.7 Å². The second kappa shape index (κ2) is 8.44. The van der Waals surface area contributed by atoms with Gasteiger partial charge in [0.05, 0.1) is 11.0 Å². The molecule has 0 aliphatic heterocycles. The lowest BCUT2D eigenvalue weighted by Gasteiger charge is -2.11. The Morgan fingerprint density at radius 1 is 0.806 bits per heavy atom. The number of nitrogens with zero attached hydrogens (tertiary/aromatic N) is 2. The number of imidazole rings is 1. The smallest absolute Gasteiger partial charge is 0.251 e. The van der Waals surface area contributed by atoms with E-state index in [4.69, 9.17) is 4.98 Å². The van der Waals surface area contributed by atoms with Crippen LogP contribution in [-0.4, -0.2) is 22.0 Å². The summed E-state index contributed by atoms with van der Waals surface area (Å²) in [7, 11) is 0. The Hall–Kier alpha value is -3.92. The van der Waals surface area contributed by atoms with E-state index in [9.17, 15) is 4.79 Å². The number of rotatable bonds is 6. The molecule has 1 heterocycles. The summed E-state index contributed by atoms with van der Waals surface area (Å²) in [5.41, 5.74) is 4.00. The Bertz CT molecular complexity index is 1360. The van der Waals surface area contributed by atoms with Crippen LogP contribution in [0.5, 0.6) is 0 Å². The molecule has 152 valence electrons. The van der Waals surface area contributed by atoms with Crippen molar-refractivity contribution in [2.24, 2.45) is 0 Å². The van der Waals surface area contributed by atoms with Crippen LogP contribution in [0.2, 0.25) is 0 Å². The molecule has 1 aromatic heterocycles. The molecule has 0 atom stereocenters. The van der Waals surface area contributed by atoms with E-state index < -0.39 is 0 Å². The number of aromatic nitrogens is 2. The van der Waals surface area contributed by atoms with E-state index >= 15 is 0 Å². The molecule has 0 radical (unpaired) electrons. The number of nitrogens with one attached hydrogen (secondary N) is 1. The van der Waals surface area contributed by atoms with Crippen LogP contribution in [0.15, 0.2) is 97.1 Å². The summed E-state index contributed by atoms with van der Waals surface area (Å²) in [5, 5.41) is 5.49. The molecule has 0 aliphatic carbocycles. The molecule has 5 aromatic rings. The molecule has 5 rings (SSSR count). The van der Waals surface area contributed by atoms with Crippen molar-refractivity contribution in [2.75, 3.05) is 6.54 Å². The minimum Gasteiger partial charge on any atom is -0.352 e. The third-order valence-electron chi connectivity index (χ3n) is 5.56. The van der Waals surface area contributed by atoms with Gasteiger partial charge in [0, 0.05) is 25.1 Å². The molecule has 0 unspecified atom stereocenters. The van der Waals surface area contributed by atoms with Crippen LogP contribution in [0.3, 0.4) is 0 Å². The highest BCUT2D eigenvalue weighted by atomic mass is 16.1. The molecule has 0 fully saturated rings. The molecule has 0 bridgehead atoms. The number of fused-ring (bicyclic) bond motifs is 2. The second-order valence-corrected chi connectivity index (χ2v) is 7.66. The summed E-state index contributed by atoms with van der Waals surface area (Å²) in [4.78, 5) is 17.2. The lowest BCUT2D eigenvalue weighted by Crippen LogP contribution is -2.26. The zero-order chi connectivity index (χ0) is 21.0. The predicted octanol–water partition coefficient (Wildman–Crippen LogP) is 5.21. The Balaban J connectivity index is 1.39. The number of carbonyl (C=O) groups is 1. The molecular weight excluding hydrogens is 382 g/mol. The molecule has 4 nitrogen and oxygen atoms in total. The first-order chi connectivity index (χ1) is 15.3. The van der Waals surface area contributed by atoms with Crippen molar-refractivity contribution in [2.45, 2.75) is 13.0 Å². The summed E-state index contributed by atoms with van der Waals surface area (Å²) in [6.07, 6.45) is 0.667. The minimum atomic E-state index is -0.0576. The molecule has 0 aliphatic rings. The number of para-hydroxylation sites is 2. The normalized spacial score (nSPS) is 11.1. The van der Waals surface area contributed by atoms with E-state index in [-0.39, 0.29) is 5.91 Å². The zero-order valence-corrected chi connectivity index (χ0v) is 17.2. The summed E-state index contributed by atoms with van der Waals surface area (Å²) >= 11 is 0. The van der Waals surface area contributed by atoms with Crippen LogP contribution in [-0.2, 0) is 13.0 Å². The number of carbonyl (C=O) groups excluding carboxylic acids is 1. The van der Waals surface area contributed by atoms with Gasteiger partial charge in [-0.15, -0.1) is 0 Å². The highest BCUT2D eigenvalue weighted by molar-refractivity contribution is 5.94. The second-order valence-electron chi connectivity index (χ2n) is 7.66. The highest BCUT2D eigenvalue weighted by Gasteiger charge is 2.12. The topological polar surface area (TPSA) is 46.9 Å². The molecule has 1 N–H and O–H groups in total. The van der Waals surface area contributed by atoms with Crippen molar-refractivity contribution in [3.63, 3.8) is 0 Å². The van der Waals surface area contributed by atoms with Gasteiger partial charge in [0.2, 0.25) is 0 Å². The van der Waals surface area contributed by atoms with Crippen molar-refractivity contribution >= 4 is 27.7 Å². The Kier molecular flexibility index (Phi) is 5.19. The third kappa shape index (κ3) is 4.05. The predicted molar refractivity (Wildman–Crippen MR) is 125 cm³/mol. The number of benzene rings is 4. The fourth-order valence-electron chi connectivity index (χ4n) is 3.99. The molecule has 0 saturated heterocycles. The quantitative estimate of drug-likeness (QED) is 0.421. The van der Waals surface area contributed by atoms with Crippen molar-refractivity contribution in [1.29, 1.82) is 0 Å². The van der Waals surface area contributed by atoms with Crippen LogP contribution in [0, 0.1) is 0 Å². The highest BCUT2D eigenvalue weighted by Crippen LogP contribution is 2.21. The van der Waals surface area contributed by atoms with Gasteiger partial charge in [-0.2, -0.15) is 0 Å². The molecule has 31 heavy (non-hydrogen) atoms. The summed E-state index contributed by atoms with van der Waals surface area (Å²) in [6.45, 7) is 1.28. The third-order valence-corrected chi connectivity index (χ3v) is 5.56. The molecular formula is C27H23N3O. The fraction of sp³-hybridized carbons (Fsp3) is 0.111. The standard InChI is InChI=1S/C27H23N3O/c31-27(22-9-2-1-3-10-22)28-17-16-26-29-24-12-6-7-13-25(24)30(26)19-20-14-15-21-8-4-5-11-23(21)18-20/h1-15,18H,16-17,19H2,(H,28,31). The molecule has 1 amide bonds. The van der Waals surface area contributed by atoms with Crippen molar-refractivity contribution in [1.82, 2.24) is 14.9 Å². The largest absolute Gasteiger partial charge is 0.352 e. The van der Waals surface area contributed by atoms with Crippen LogP contribution in [0.4, 0.5) is 0 Å². The maximum Gasteiger partial charge on any atom is 0.251 e. The van der Waals surface area contributed by atoms with Gasteiger partial charge in [-0.3, -0.25) is 4.79 Å². The SMILES string of the molecule is O=C(NCCc1nc2ccccc2n1Cc1ccc2ccccc2c1)c1ccccc1. The number of hydrogen-bond acceptors (Lipinski definition) is 2. The van der Waals surface area contributed by atoms with Crippen molar-refractivity contribution in [3.8, 4) is 0 Å². The van der Waals surface area contributed by atoms with E-state index in [2.05, 4.69) is 58.4 Å². The first-order valence-corrected chi connectivity index (χ1v) is 10.5. The van der Waals surface area contributed by atoms with Crippen molar-refractivity contribution < 1.29 is 4.79 Å². The van der Waals surface area contributed by atoms with Gasteiger partial charge >= 0.3 is 0 Å². The maximum absolute atomic E-state index is 12.4. The average Bonchev–Trinajstić information content (AvgIpc) is 3.16. The Morgan fingerprint density at radius 3 is 2.42 bits per heavy atom. The number of hydrogen-bond donors (Lipinski definition) is 1. The molecule has 0 spiro atoms. The lowest BCUT2D eigenvalue weighted by atomic mass is 10.1.